The van der Waals surface area contributed by atoms with Gasteiger partial charge in [0.25, 0.3) is 0 Å². The van der Waals surface area contributed by atoms with E-state index in [0.717, 1.165) is 29.7 Å². The van der Waals surface area contributed by atoms with E-state index in [1.807, 2.05) is 49.4 Å². The zero-order valence-corrected chi connectivity index (χ0v) is 13.7. The predicted octanol–water partition coefficient (Wildman–Crippen LogP) is 1.98. The zero-order chi connectivity index (χ0) is 16.6. The lowest BCUT2D eigenvalue weighted by atomic mass is 10.2. The van der Waals surface area contributed by atoms with Crippen LogP contribution in [0, 0.1) is 0 Å². The summed E-state index contributed by atoms with van der Waals surface area (Å²) in [7, 11) is 0. The number of nitrogens with one attached hydrogen (secondary N) is 2. The second-order valence-corrected chi connectivity index (χ2v) is 5.39. The molecule has 0 amide bonds. The molecule has 2 N–H and O–H groups in total. The highest BCUT2D eigenvalue weighted by atomic mass is 16.6. The third-order valence-corrected chi connectivity index (χ3v) is 3.53. The number of hydrogen-bond donors (Lipinski definition) is 2. The first-order valence-electron chi connectivity index (χ1n) is 8.15. The molecule has 3 rings (SSSR count). The van der Waals surface area contributed by atoms with Crippen LogP contribution in [0.1, 0.15) is 12.6 Å². The molecule has 24 heavy (non-hydrogen) atoms. The SMILES string of the molecule is CCNC(=NCc1ccccn1)NCC1COc2ccccc2O1. The third kappa shape index (κ3) is 4.38. The number of guanidine groups is 1. The topological polar surface area (TPSA) is 67.8 Å². The monoisotopic (exact) mass is 326 g/mol. The van der Waals surface area contributed by atoms with Crippen molar-refractivity contribution in [2.45, 2.75) is 19.6 Å². The molecule has 1 aliphatic heterocycles. The van der Waals surface area contributed by atoms with Crippen LogP contribution >= 0.6 is 0 Å². The zero-order valence-electron chi connectivity index (χ0n) is 13.7. The Morgan fingerprint density at radius 1 is 1.17 bits per heavy atom. The highest BCUT2D eigenvalue weighted by Crippen LogP contribution is 2.30. The van der Waals surface area contributed by atoms with E-state index in [4.69, 9.17) is 9.47 Å². The molecule has 0 saturated carbocycles. The van der Waals surface area contributed by atoms with E-state index in [1.165, 1.54) is 0 Å². The number of benzene rings is 1. The molecule has 1 aromatic heterocycles. The van der Waals surface area contributed by atoms with Crippen LogP contribution in [0.5, 0.6) is 11.5 Å². The van der Waals surface area contributed by atoms with Gasteiger partial charge < -0.3 is 20.1 Å². The van der Waals surface area contributed by atoms with Gasteiger partial charge in [-0.15, -0.1) is 0 Å². The number of ether oxygens (including phenoxy) is 2. The lowest BCUT2D eigenvalue weighted by Gasteiger charge is -2.27. The summed E-state index contributed by atoms with van der Waals surface area (Å²) in [6.45, 7) is 4.49. The Morgan fingerprint density at radius 2 is 2.00 bits per heavy atom. The first-order chi connectivity index (χ1) is 11.8. The summed E-state index contributed by atoms with van der Waals surface area (Å²) in [6, 6.07) is 13.5. The van der Waals surface area contributed by atoms with Crippen molar-refractivity contribution in [1.82, 2.24) is 15.6 Å². The van der Waals surface area contributed by atoms with Crippen molar-refractivity contribution in [3.63, 3.8) is 0 Å². The maximum absolute atomic E-state index is 5.94. The summed E-state index contributed by atoms with van der Waals surface area (Å²) in [5, 5.41) is 6.52. The number of aromatic nitrogens is 1. The molecule has 0 saturated heterocycles. The molecular weight excluding hydrogens is 304 g/mol. The average Bonchev–Trinajstić information content (AvgIpc) is 2.64. The van der Waals surface area contributed by atoms with E-state index in [9.17, 15) is 0 Å². The summed E-state index contributed by atoms with van der Waals surface area (Å²) < 4.78 is 11.7. The number of nitrogens with zero attached hydrogens (tertiary/aromatic N) is 2. The van der Waals surface area contributed by atoms with Crippen molar-refractivity contribution in [1.29, 1.82) is 0 Å². The van der Waals surface area contributed by atoms with Crippen LogP contribution < -0.4 is 20.1 Å². The maximum atomic E-state index is 5.94. The van der Waals surface area contributed by atoms with Crippen LogP contribution in [0.15, 0.2) is 53.7 Å². The summed E-state index contributed by atoms with van der Waals surface area (Å²) in [4.78, 5) is 8.83. The standard InChI is InChI=1S/C18H22N4O2/c1-2-19-18(21-11-14-7-5-6-10-20-14)22-12-15-13-23-16-8-3-4-9-17(16)24-15/h3-10,15H,2,11-13H2,1H3,(H2,19,21,22). The molecule has 0 bridgehead atoms. The second-order valence-electron chi connectivity index (χ2n) is 5.39. The second kappa shape index (κ2) is 8.19. The van der Waals surface area contributed by atoms with Crippen molar-refractivity contribution >= 4 is 5.96 Å². The molecular formula is C18H22N4O2. The first kappa shape index (κ1) is 16.1. The summed E-state index contributed by atoms with van der Waals surface area (Å²) in [5.74, 6) is 2.32. The molecule has 6 nitrogen and oxygen atoms in total. The highest BCUT2D eigenvalue weighted by Gasteiger charge is 2.20. The van der Waals surface area contributed by atoms with Gasteiger partial charge >= 0.3 is 0 Å². The molecule has 2 aromatic rings. The Hall–Kier alpha value is -2.76. The minimum Gasteiger partial charge on any atom is -0.486 e. The van der Waals surface area contributed by atoms with Gasteiger partial charge in [-0.2, -0.15) is 0 Å². The summed E-state index contributed by atoms with van der Waals surface area (Å²) >= 11 is 0. The number of pyridine rings is 1. The highest BCUT2D eigenvalue weighted by molar-refractivity contribution is 5.79. The molecule has 0 aliphatic carbocycles. The van der Waals surface area contributed by atoms with Crippen LogP contribution in [0.3, 0.4) is 0 Å². The normalized spacial score (nSPS) is 16.5. The van der Waals surface area contributed by atoms with Crippen molar-refractivity contribution < 1.29 is 9.47 Å². The predicted molar refractivity (Wildman–Crippen MR) is 93.4 cm³/mol. The molecule has 1 atom stereocenters. The van der Waals surface area contributed by atoms with Gasteiger partial charge in [0.15, 0.2) is 17.5 Å². The lowest BCUT2D eigenvalue weighted by molar-refractivity contribution is 0.0936. The Bertz CT molecular complexity index is 676. The molecule has 0 spiro atoms. The smallest absolute Gasteiger partial charge is 0.191 e. The fraction of sp³-hybridized carbons (Fsp3) is 0.333. The number of hydrogen-bond acceptors (Lipinski definition) is 4. The van der Waals surface area contributed by atoms with Gasteiger partial charge in [0.05, 0.1) is 18.8 Å². The van der Waals surface area contributed by atoms with Gasteiger partial charge in [-0.05, 0) is 31.2 Å². The summed E-state index contributed by atoms with van der Waals surface area (Å²) in [5.41, 5.74) is 0.931. The third-order valence-electron chi connectivity index (χ3n) is 3.53. The van der Waals surface area contributed by atoms with E-state index in [0.29, 0.717) is 19.7 Å². The van der Waals surface area contributed by atoms with Gasteiger partial charge in [0, 0.05) is 12.7 Å². The minimum absolute atomic E-state index is 0.0568. The number of rotatable bonds is 5. The van der Waals surface area contributed by atoms with Gasteiger partial charge in [-0.25, -0.2) is 4.99 Å². The fourth-order valence-corrected chi connectivity index (χ4v) is 2.37. The molecule has 0 radical (unpaired) electrons. The molecule has 2 heterocycles. The molecule has 6 heteroatoms. The lowest BCUT2D eigenvalue weighted by Crippen LogP contribution is -2.45. The van der Waals surface area contributed by atoms with Crippen LogP contribution in [-0.4, -0.2) is 36.7 Å². The van der Waals surface area contributed by atoms with E-state index in [-0.39, 0.29) is 6.10 Å². The van der Waals surface area contributed by atoms with Crippen LogP contribution in [-0.2, 0) is 6.54 Å². The maximum Gasteiger partial charge on any atom is 0.191 e. The average molecular weight is 326 g/mol. The largest absolute Gasteiger partial charge is 0.486 e. The van der Waals surface area contributed by atoms with E-state index in [1.54, 1.807) is 6.20 Å². The van der Waals surface area contributed by atoms with Crippen molar-refractivity contribution in [3.8, 4) is 11.5 Å². The summed E-state index contributed by atoms with van der Waals surface area (Å²) in [6.07, 6.45) is 1.72. The van der Waals surface area contributed by atoms with Crippen molar-refractivity contribution in [2.75, 3.05) is 19.7 Å². The first-order valence-corrected chi connectivity index (χ1v) is 8.15. The van der Waals surface area contributed by atoms with Gasteiger partial charge in [0.1, 0.15) is 12.7 Å². The van der Waals surface area contributed by atoms with Crippen LogP contribution in [0.25, 0.3) is 0 Å². The Balaban J connectivity index is 1.55. The van der Waals surface area contributed by atoms with Crippen LogP contribution in [0.4, 0.5) is 0 Å². The fourth-order valence-electron chi connectivity index (χ4n) is 2.37. The van der Waals surface area contributed by atoms with Gasteiger partial charge in [0.2, 0.25) is 0 Å². The quantitative estimate of drug-likeness (QED) is 0.649. The number of aliphatic imine (C=N–C) groups is 1. The van der Waals surface area contributed by atoms with Gasteiger partial charge in [-0.3, -0.25) is 4.98 Å². The molecule has 126 valence electrons. The Labute approximate surface area is 141 Å². The molecule has 1 unspecified atom stereocenters. The van der Waals surface area contributed by atoms with E-state index >= 15 is 0 Å². The van der Waals surface area contributed by atoms with E-state index < -0.39 is 0 Å². The van der Waals surface area contributed by atoms with Crippen molar-refractivity contribution in [2.24, 2.45) is 4.99 Å². The van der Waals surface area contributed by atoms with Gasteiger partial charge in [-0.1, -0.05) is 18.2 Å². The molecule has 1 aliphatic rings. The van der Waals surface area contributed by atoms with E-state index in [2.05, 4.69) is 20.6 Å². The Morgan fingerprint density at radius 3 is 2.79 bits per heavy atom. The molecule has 1 aromatic carbocycles. The van der Waals surface area contributed by atoms with Crippen molar-refractivity contribution in [3.05, 3.63) is 54.4 Å². The number of para-hydroxylation sites is 2. The minimum atomic E-state index is -0.0568. The Kier molecular flexibility index (Phi) is 5.50. The number of fused-ring (bicyclic) bond motifs is 1. The van der Waals surface area contributed by atoms with Crippen LogP contribution in [0.2, 0.25) is 0 Å². The molecule has 0 fully saturated rings.